The van der Waals surface area contributed by atoms with Crippen LogP contribution in [0.1, 0.15) is 57.8 Å². The predicted octanol–water partition coefficient (Wildman–Crippen LogP) is 6.56. The molecule has 4 aliphatic rings. The number of rotatable bonds is 7. The van der Waals surface area contributed by atoms with Crippen LogP contribution in [0.25, 0.3) is 0 Å². The zero-order valence-electron chi connectivity index (χ0n) is 21.8. The lowest BCUT2D eigenvalue weighted by Gasteiger charge is -2.47. The quantitative estimate of drug-likeness (QED) is 0.458. The van der Waals surface area contributed by atoms with Gasteiger partial charge in [-0.2, -0.15) is 0 Å². The molecule has 5 rings (SSSR count). The summed E-state index contributed by atoms with van der Waals surface area (Å²) in [6.07, 6.45) is 20.7. The maximum atomic E-state index is 4.88. The van der Waals surface area contributed by atoms with Crippen molar-refractivity contribution in [3.8, 4) is 0 Å². The van der Waals surface area contributed by atoms with E-state index >= 15 is 0 Å². The minimum absolute atomic E-state index is 0.229. The summed E-state index contributed by atoms with van der Waals surface area (Å²) in [6, 6.07) is 10.6. The van der Waals surface area contributed by atoms with Gasteiger partial charge in [-0.1, -0.05) is 74.0 Å². The first-order chi connectivity index (χ1) is 17.7. The summed E-state index contributed by atoms with van der Waals surface area (Å²) in [4.78, 5) is 11.6. The Hall–Kier alpha value is -2.24. The van der Waals surface area contributed by atoms with Crippen LogP contribution in [0.5, 0.6) is 0 Å². The zero-order chi connectivity index (χ0) is 24.6. The molecule has 36 heavy (non-hydrogen) atoms. The van der Waals surface area contributed by atoms with Gasteiger partial charge in [0.25, 0.3) is 0 Å². The lowest BCUT2D eigenvalue weighted by Crippen LogP contribution is -2.56. The Morgan fingerprint density at radius 2 is 1.81 bits per heavy atom. The summed E-state index contributed by atoms with van der Waals surface area (Å²) in [5.74, 6) is 0. The molecule has 5 heteroatoms. The highest BCUT2D eigenvalue weighted by Crippen LogP contribution is 2.35. The highest BCUT2D eigenvalue weighted by molar-refractivity contribution is 8.14. The van der Waals surface area contributed by atoms with Crippen LogP contribution in [-0.2, 0) is 0 Å². The van der Waals surface area contributed by atoms with Gasteiger partial charge in [-0.15, -0.1) is 0 Å². The van der Waals surface area contributed by atoms with E-state index in [0.29, 0.717) is 0 Å². The number of benzene rings is 1. The Morgan fingerprint density at radius 1 is 0.944 bits per heavy atom. The van der Waals surface area contributed by atoms with Gasteiger partial charge in [0.2, 0.25) is 0 Å². The van der Waals surface area contributed by atoms with Gasteiger partial charge in [0, 0.05) is 66.7 Å². The third-order valence-corrected chi connectivity index (χ3v) is 9.22. The van der Waals surface area contributed by atoms with Crippen molar-refractivity contribution in [3.05, 3.63) is 78.2 Å². The highest BCUT2D eigenvalue weighted by atomic mass is 32.2. The number of dihydropyridines is 1. The molecule has 0 radical (unpaired) electrons. The largest absolute Gasteiger partial charge is 0.383 e. The SMILES string of the molecule is C=C(NCC1(N2CCCN(C3=CCCC=C3)CC2)CCCCC1)C1=CCCN=C1Sc1ccccc1. The first-order valence-electron chi connectivity index (χ1n) is 14.0. The van der Waals surface area contributed by atoms with Crippen LogP contribution in [0.2, 0.25) is 0 Å². The molecule has 0 amide bonds. The lowest BCUT2D eigenvalue weighted by molar-refractivity contribution is 0.0557. The van der Waals surface area contributed by atoms with Crippen molar-refractivity contribution in [1.82, 2.24) is 15.1 Å². The van der Waals surface area contributed by atoms with Crippen LogP contribution in [0.4, 0.5) is 0 Å². The van der Waals surface area contributed by atoms with Crippen LogP contribution < -0.4 is 5.32 Å². The second-order valence-corrected chi connectivity index (χ2v) is 11.6. The molecule has 0 atom stereocenters. The van der Waals surface area contributed by atoms with Gasteiger partial charge in [0.05, 0.1) is 0 Å². The summed E-state index contributed by atoms with van der Waals surface area (Å²) >= 11 is 1.76. The fraction of sp³-hybridized carbons (Fsp3) is 0.516. The van der Waals surface area contributed by atoms with E-state index in [1.54, 1.807) is 11.8 Å². The van der Waals surface area contributed by atoms with E-state index in [-0.39, 0.29) is 5.54 Å². The van der Waals surface area contributed by atoms with E-state index in [1.807, 2.05) is 0 Å². The Labute approximate surface area is 222 Å². The van der Waals surface area contributed by atoms with Gasteiger partial charge >= 0.3 is 0 Å². The molecular formula is C31H42N4S. The number of nitrogens with one attached hydrogen (secondary N) is 1. The van der Waals surface area contributed by atoms with Gasteiger partial charge < -0.3 is 10.2 Å². The Morgan fingerprint density at radius 3 is 2.61 bits per heavy atom. The predicted molar refractivity (Wildman–Crippen MR) is 154 cm³/mol. The molecule has 192 valence electrons. The molecule has 0 spiro atoms. The van der Waals surface area contributed by atoms with Crippen molar-refractivity contribution in [2.45, 2.75) is 68.2 Å². The number of hydrogen-bond donors (Lipinski definition) is 1. The number of aliphatic imine (C=N–C) groups is 1. The third-order valence-electron chi connectivity index (χ3n) is 8.17. The average Bonchev–Trinajstić information content (AvgIpc) is 3.21. The summed E-state index contributed by atoms with van der Waals surface area (Å²) in [5.41, 5.74) is 3.90. The van der Waals surface area contributed by atoms with Crippen LogP contribution in [-0.4, -0.2) is 59.7 Å². The lowest BCUT2D eigenvalue weighted by atomic mass is 9.79. The summed E-state index contributed by atoms with van der Waals surface area (Å²) < 4.78 is 0. The standard InChI is InChI=1S/C31H42N4S/c1-26(29-17-11-20-32-30(29)36-28-15-7-3-8-16-28)33-25-31(18-9-4-10-19-31)35-22-12-21-34(23-24-35)27-13-5-2-6-14-27/h3,5,7-8,13-17,33H,1-2,4,6,9-12,18-25H2. The van der Waals surface area contributed by atoms with E-state index in [1.165, 1.54) is 80.6 Å². The minimum Gasteiger partial charge on any atom is -0.383 e. The van der Waals surface area contributed by atoms with Crippen molar-refractivity contribution < 1.29 is 0 Å². The average molecular weight is 503 g/mol. The molecule has 2 fully saturated rings. The van der Waals surface area contributed by atoms with E-state index < -0.39 is 0 Å². The van der Waals surface area contributed by atoms with Gasteiger partial charge in [-0.3, -0.25) is 9.89 Å². The molecule has 1 aromatic carbocycles. The zero-order valence-corrected chi connectivity index (χ0v) is 22.6. The molecule has 0 bridgehead atoms. The van der Waals surface area contributed by atoms with Crippen molar-refractivity contribution in [3.63, 3.8) is 0 Å². The Balaban J connectivity index is 1.24. The number of hydrogen-bond acceptors (Lipinski definition) is 5. The van der Waals surface area contributed by atoms with E-state index in [9.17, 15) is 0 Å². The Bertz CT molecular complexity index is 1020. The molecule has 1 aromatic rings. The van der Waals surface area contributed by atoms with E-state index in [2.05, 4.69) is 76.3 Å². The van der Waals surface area contributed by atoms with E-state index in [0.717, 1.165) is 43.3 Å². The molecular weight excluding hydrogens is 460 g/mol. The highest BCUT2D eigenvalue weighted by Gasteiger charge is 2.38. The second-order valence-electron chi connectivity index (χ2n) is 10.6. The Kier molecular flexibility index (Phi) is 8.71. The van der Waals surface area contributed by atoms with Gasteiger partial charge in [0.1, 0.15) is 5.04 Å². The first-order valence-corrected chi connectivity index (χ1v) is 14.8. The van der Waals surface area contributed by atoms with Gasteiger partial charge in [0.15, 0.2) is 0 Å². The maximum absolute atomic E-state index is 4.88. The normalized spacial score (nSPS) is 22.8. The molecule has 2 aliphatic heterocycles. The fourth-order valence-electron chi connectivity index (χ4n) is 6.15. The van der Waals surface area contributed by atoms with Crippen molar-refractivity contribution >= 4 is 16.8 Å². The van der Waals surface area contributed by atoms with Crippen LogP contribution in [0, 0.1) is 0 Å². The fourth-order valence-corrected chi connectivity index (χ4v) is 7.14. The van der Waals surface area contributed by atoms with Gasteiger partial charge in [-0.05, 0) is 56.7 Å². The minimum atomic E-state index is 0.229. The molecule has 1 saturated carbocycles. The molecule has 0 unspecified atom stereocenters. The summed E-state index contributed by atoms with van der Waals surface area (Å²) in [7, 11) is 0. The second kappa shape index (κ2) is 12.3. The third kappa shape index (κ3) is 6.18. The summed E-state index contributed by atoms with van der Waals surface area (Å²) in [5, 5.41) is 4.94. The molecule has 4 nitrogen and oxygen atoms in total. The van der Waals surface area contributed by atoms with Crippen molar-refractivity contribution in [1.29, 1.82) is 0 Å². The molecule has 1 N–H and O–H groups in total. The van der Waals surface area contributed by atoms with Gasteiger partial charge in [-0.25, -0.2) is 0 Å². The first kappa shape index (κ1) is 25.4. The van der Waals surface area contributed by atoms with Crippen LogP contribution in [0.15, 0.2) is 88.1 Å². The smallest absolute Gasteiger partial charge is 0.104 e. The van der Waals surface area contributed by atoms with Crippen LogP contribution >= 0.6 is 11.8 Å². The molecule has 1 saturated heterocycles. The van der Waals surface area contributed by atoms with Crippen LogP contribution in [0.3, 0.4) is 0 Å². The summed E-state index contributed by atoms with van der Waals surface area (Å²) in [6.45, 7) is 11.0. The number of allylic oxidation sites excluding steroid dienone is 4. The van der Waals surface area contributed by atoms with Crippen molar-refractivity contribution in [2.75, 3.05) is 39.3 Å². The monoisotopic (exact) mass is 502 g/mol. The number of thioether (sulfide) groups is 1. The topological polar surface area (TPSA) is 30.9 Å². The molecule has 2 aliphatic carbocycles. The van der Waals surface area contributed by atoms with E-state index in [4.69, 9.17) is 4.99 Å². The molecule has 0 aromatic heterocycles. The number of nitrogens with zero attached hydrogens (tertiary/aromatic N) is 3. The van der Waals surface area contributed by atoms with Crippen molar-refractivity contribution in [2.24, 2.45) is 4.99 Å². The maximum Gasteiger partial charge on any atom is 0.104 e. The molecule has 2 heterocycles.